The lowest BCUT2D eigenvalue weighted by atomic mass is 10.2. The third kappa shape index (κ3) is 5.23. The standard InChI is InChI=1S/C16H20N4O3/c1-3-23-15(21)12-4-6-13(7-5-12)19-14-8-9-17-16(20-14)18-10-11-22-2/h4-9H,3,10-11H2,1-2H3,(H2,17,18,19,20). The Morgan fingerprint density at radius 2 is 2.00 bits per heavy atom. The first kappa shape index (κ1) is 16.7. The van der Waals surface area contributed by atoms with Crippen LogP contribution in [0.3, 0.4) is 0 Å². The number of carbonyl (C=O) groups is 1. The Balaban J connectivity index is 1.98. The molecule has 1 aromatic heterocycles. The van der Waals surface area contributed by atoms with Crippen molar-refractivity contribution in [3.8, 4) is 0 Å². The summed E-state index contributed by atoms with van der Waals surface area (Å²) in [7, 11) is 1.64. The summed E-state index contributed by atoms with van der Waals surface area (Å²) in [6.07, 6.45) is 1.66. The van der Waals surface area contributed by atoms with E-state index in [1.54, 1.807) is 50.6 Å². The molecule has 0 amide bonds. The zero-order valence-electron chi connectivity index (χ0n) is 13.2. The summed E-state index contributed by atoms with van der Waals surface area (Å²) >= 11 is 0. The summed E-state index contributed by atoms with van der Waals surface area (Å²) in [5, 5.41) is 6.22. The molecule has 0 atom stereocenters. The number of hydrogen-bond donors (Lipinski definition) is 2. The fourth-order valence-electron chi connectivity index (χ4n) is 1.83. The number of nitrogens with one attached hydrogen (secondary N) is 2. The first-order chi connectivity index (χ1) is 11.2. The van der Waals surface area contributed by atoms with Gasteiger partial charge in [-0.05, 0) is 37.3 Å². The summed E-state index contributed by atoms with van der Waals surface area (Å²) in [4.78, 5) is 20.1. The Labute approximate surface area is 135 Å². The minimum atomic E-state index is -0.328. The smallest absolute Gasteiger partial charge is 0.338 e. The minimum Gasteiger partial charge on any atom is -0.462 e. The van der Waals surface area contributed by atoms with Gasteiger partial charge < -0.3 is 20.1 Å². The van der Waals surface area contributed by atoms with Crippen LogP contribution >= 0.6 is 0 Å². The molecule has 7 nitrogen and oxygen atoms in total. The van der Waals surface area contributed by atoms with Gasteiger partial charge in [0.1, 0.15) is 5.82 Å². The van der Waals surface area contributed by atoms with Crippen molar-refractivity contribution in [2.24, 2.45) is 0 Å². The summed E-state index contributed by atoms with van der Waals surface area (Å²) in [6, 6.07) is 8.78. The molecule has 0 unspecified atom stereocenters. The number of hydrogen-bond acceptors (Lipinski definition) is 7. The molecule has 0 bridgehead atoms. The average Bonchev–Trinajstić information content (AvgIpc) is 2.56. The van der Waals surface area contributed by atoms with Gasteiger partial charge in [0.2, 0.25) is 5.95 Å². The van der Waals surface area contributed by atoms with Crippen LogP contribution in [0.25, 0.3) is 0 Å². The lowest BCUT2D eigenvalue weighted by molar-refractivity contribution is 0.0526. The van der Waals surface area contributed by atoms with Gasteiger partial charge in [0.25, 0.3) is 0 Å². The molecule has 2 rings (SSSR count). The molecule has 122 valence electrons. The number of methoxy groups -OCH3 is 1. The second-order valence-electron chi connectivity index (χ2n) is 4.61. The van der Waals surface area contributed by atoms with Crippen LogP contribution in [-0.4, -0.2) is 42.8 Å². The second-order valence-corrected chi connectivity index (χ2v) is 4.61. The Morgan fingerprint density at radius 1 is 1.22 bits per heavy atom. The Hall–Kier alpha value is -2.67. The Bertz CT molecular complexity index is 631. The summed E-state index contributed by atoms with van der Waals surface area (Å²) < 4.78 is 9.92. The van der Waals surface area contributed by atoms with Gasteiger partial charge in [-0.2, -0.15) is 4.98 Å². The lowest BCUT2D eigenvalue weighted by Gasteiger charge is -2.09. The molecule has 0 aliphatic heterocycles. The fraction of sp³-hybridized carbons (Fsp3) is 0.312. The van der Waals surface area contributed by atoms with E-state index in [9.17, 15) is 4.79 Å². The van der Waals surface area contributed by atoms with Crippen LogP contribution in [-0.2, 0) is 9.47 Å². The molecular formula is C16H20N4O3. The maximum absolute atomic E-state index is 11.6. The van der Waals surface area contributed by atoms with Crippen LogP contribution < -0.4 is 10.6 Å². The number of rotatable bonds is 8. The Kier molecular flexibility index (Phi) is 6.31. The lowest BCUT2D eigenvalue weighted by Crippen LogP contribution is -2.10. The number of benzene rings is 1. The van der Waals surface area contributed by atoms with Crippen molar-refractivity contribution < 1.29 is 14.3 Å². The molecule has 1 heterocycles. The number of aromatic nitrogens is 2. The van der Waals surface area contributed by atoms with E-state index in [1.165, 1.54) is 0 Å². The van der Waals surface area contributed by atoms with E-state index in [1.807, 2.05) is 0 Å². The number of anilines is 3. The molecule has 0 aliphatic rings. The predicted octanol–water partition coefficient (Wildman–Crippen LogP) is 2.46. The van der Waals surface area contributed by atoms with Crippen LogP contribution in [0.15, 0.2) is 36.5 Å². The molecule has 2 aromatic rings. The third-order valence-electron chi connectivity index (χ3n) is 2.91. The van der Waals surface area contributed by atoms with E-state index < -0.39 is 0 Å². The van der Waals surface area contributed by atoms with Gasteiger partial charge in [0.15, 0.2) is 0 Å². The average molecular weight is 316 g/mol. The first-order valence-corrected chi connectivity index (χ1v) is 7.33. The van der Waals surface area contributed by atoms with Crippen molar-refractivity contribution in [2.75, 3.05) is 37.5 Å². The van der Waals surface area contributed by atoms with Crippen LogP contribution in [0.2, 0.25) is 0 Å². The maximum atomic E-state index is 11.6. The van der Waals surface area contributed by atoms with E-state index in [4.69, 9.17) is 9.47 Å². The number of carbonyl (C=O) groups excluding carboxylic acids is 1. The second kappa shape index (κ2) is 8.70. The van der Waals surface area contributed by atoms with Gasteiger partial charge in [-0.25, -0.2) is 9.78 Å². The summed E-state index contributed by atoms with van der Waals surface area (Å²) in [5.41, 5.74) is 1.33. The molecular weight excluding hydrogens is 296 g/mol. The van der Waals surface area contributed by atoms with Crippen molar-refractivity contribution >= 4 is 23.4 Å². The number of nitrogens with zero attached hydrogens (tertiary/aromatic N) is 2. The van der Waals surface area contributed by atoms with Gasteiger partial charge in [0.05, 0.1) is 18.8 Å². The molecule has 0 aliphatic carbocycles. The molecule has 0 saturated carbocycles. The number of esters is 1. The highest BCUT2D eigenvalue weighted by molar-refractivity contribution is 5.89. The zero-order valence-corrected chi connectivity index (χ0v) is 13.2. The fourth-order valence-corrected chi connectivity index (χ4v) is 1.83. The summed E-state index contributed by atoms with van der Waals surface area (Å²) in [5.74, 6) is 0.852. The normalized spacial score (nSPS) is 10.2. The van der Waals surface area contributed by atoms with Gasteiger partial charge in [-0.1, -0.05) is 0 Å². The van der Waals surface area contributed by atoms with Crippen molar-refractivity contribution in [1.29, 1.82) is 0 Å². The van der Waals surface area contributed by atoms with Crippen molar-refractivity contribution in [3.05, 3.63) is 42.1 Å². The van der Waals surface area contributed by atoms with Crippen molar-refractivity contribution in [1.82, 2.24) is 9.97 Å². The molecule has 2 N–H and O–H groups in total. The largest absolute Gasteiger partial charge is 0.462 e. The molecule has 0 radical (unpaired) electrons. The van der Waals surface area contributed by atoms with Gasteiger partial charge >= 0.3 is 5.97 Å². The van der Waals surface area contributed by atoms with Crippen LogP contribution in [0.1, 0.15) is 17.3 Å². The quantitative estimate of drug-likeness (QED) is 0.571. The van der Waals surface area contributed by atoms with E-state index in [0.29, 0.717) is 37.1 Å². The van der Waals surface area contributed by atoms with Crippen molar-refractivity contribution in [2.45, 2.75) is 6.92 Å². The molecule has 1 aromatic carbocycles. The highest BCUT2D eigenvalue weighted by Crippen LogP contribution is 2.16. The van der Waals surface area contributed by atoms with Crippen molar-refractivity contribution in [3.63, 3.8) is 0 Å². The highest BCUT2D eigenvalue weighted by Gasteiger charge is 2.06. The van der Waals surface area contributed by atoms with E-state index >= 15 is 0 Å². The number of ether oxygens (including phenoxy) is 2. The third-order valence-corrected chi connectivity index (χ3v) is 2.91. The molecule has 0 fully saturated rings. The maximum Gasteiger partial charge on any atom is 0.338 e. The molecule has 0 saturated heterocycles. The topological polar surface area (TPSA) is 85.4 Å². The first-order valence-electron chi connectivity index (χ1n) is 7.33. The van der Waals surface area contributed by atoms with E-state index in [2.05, 4.69) is 20.6 Å². The predicted molar refractivity (Wildman–Crippen MR) is 88.1 cm³/mol. The van der Waals surface area contributed by atoms with Crippen LogP contribution in [0.5, 0.6) is 0 Å². The van der Waals surface area contributed by atoms with Gasteiger partial charge in [-0.15, -0.1) is 0 Å². The van der Waals surface area contributed by atoms with Crippen LogP contribution in [0.4, 0.5) is 17.5 Å². The van der Waals surface area contributed by atoms with E-state index in [0.717, 1.165) is 5.69 Å². The van der Waals surface area contributed by atoms with E-state index in [-0.39, 0.29) is 5.97 Å². The van der Waals surface area contributed by atoms with Crippen LogP contribution in [0, 0.1) is 0 Å². The highest BCUT2D eigenvalue weighted by atomic mass is 16.5. The molecule has 0 spiro atoms. The van der Waals surface area contributed by atoms with Gasteiger partial charge in [0, 0.05) is 25.5 Å². The monoisotopic (exact) mass is 316 g/mol. The SMILES string of the molecule is CCOC(=O)c1ccc(Nc2ccnc(NCCOC)n2)cc1. The zero-order chi connectivity index (χ0) is 16.5. The van der Waals surface area contributed by atoms with Gasteiger partial charge in [-0.3, -0.25) is 0 Å². The summed E-state index contributed by atoms with van der Waals surface area (Å²) in [6.45, 7) is 3.35. The Morgan fingerprint density at radius 3 is 2.70 bits per heavy atom. The molecule has 7 heteroatoms. The molecule has 23 heavy (non-hydrogen) atoms. The minimum absolute atomic E-state index is 0.328.